The van der Waals surface area contributed by atoms with Crippen LogP contribution in [0, 0.1) is 17.0 Å². The van der Waals surface area contributed by atoms with Crippen LogP contribution >= 0.6 is 0 Å². The lowest BCUT2D eigenvalue weighted by Crippen LogP contribution is -2.14. The summed E-state index contributed by atoms with van der Waals surface area (Å²) < 4.78 is 5.48. The van der Waals surface area contributed by atoms with Crippen LogP contribution in [0.15, 0.2) is 59.3 Å². The Labute approximate surface area is 148 Å². The van der Waals surface area contributed by atoms with Gasteiger partial charge in [-0.05, 0) is 25.1 Å². The monoisotopic (exact) mass is 349 g/mol. The number of H-pyrrole nitrogens is 1. The summed E-state index contributed by atoms with van der Waals surface area (Å²) in [5.41, 5.74) is 2.83. The van der Waals surface area contributed by atoms with Gasteiger partial charge >= 0.3 is 5.88 Å². The molecule has 8 nitrogen and oxygen atoms in total. The van der Waals surface area contributed by atoms with Crippen LogP contribution in [-0.4, -0.2) is 19.9 Å². The van der Waals surface area contributed by atoms with Crippen LogP contribution in [0.3, 0.4) is 0 Å². The summed E-state index contributed by atoms with van der Waals surface area (Å²) in [6.07, 6.45) is 3.25. The molecule has 0 fully saturated rings. The van der Waals surface area contributed by atoms with Gasteiger partial charge in [0.2, 0.25) is 5.95 Å². The first-order valence-electron chi connectivity index (χ1n) is 7.98. The van der Waals surface area contributed by atoms with Crippen molar-refractivity contribution in [2.24, 2.45) is 0 Å². The Morgan fingerprint density at radius 3 is 2.65 bits per heavy atom. The summed E-state index contributed by atoms with van der Waals surface area (Å²) in [6.45, 7) is 1.95. The van der Waals surface area contributed by atoms with Gasteiger partial charge in [0.1, 0.15) is 16.7 Å². The standard InChI is InChI=1S/C18H15N5O3/c1-11-16(12-5-2-3-6-13(12)21-11)17(22-18-19-9-4-10-20-18)14-7-8-15(26-14)23(24)25/h2-10,17,21H,1H3,(H,19,20,22). The normalized spacial score (nSPS) is 12.2. The molecule has 1 unspecified atom stereocenters. The van der Waals surface area contributed by atoms with Crippen LogP contribution in [0.25, 0.3) is 10.9 Å². The van der Waals surface area contributed by atoms with Gasteiger partial charge < -0.3 is 14.7 Å². The number of nitrogens with one attached hydrogen (secondary N) is 2. The number of aromatic nitrogens is 3. The number of hydrogen-bond donors (Lipinski definition) is 2. The van der Waals surface area contributed by atoms with Crippen molar-refractivity contribution in [3.8, 4) is 0 Å². The first kappa shape index (κ1) is 15.8. The molecular weight excluding hydrogens is 334 g/mol. The van der Waals surface area contributed by atoms with Crippen LogP contribution in [-0.2, 0) is 0 Å². The highest BCUT2D eigenvalue weighted by molar-refractivity contribution is 5.86. The number of anilines is 1. The molecule has 0 aliphatic rings. The summed E-state index contributed by atoms with van der Waals surface area (Å²) in [4.78, 5) is 22.2. The number of furan rings is 1. The van der Waals surface area contributed by atoms with E-state index in [9.17, 15) is 10.1 Å². The highest BCUT2D eigenvalue weighted by atomic mass is 16.6. The largest absolute Gasteiger partial charge is 0.433 e. The number of aryl methyl sites for hydroxylation is 1. The minimum absolute atomic E-state index is 0.307. The highest BCUT2D eigenvalue weighted by Crippen LogP contribution is 2.35. The fourth-order valence-corrected chi connectivity index (χ4v) is 3.05. The van der Waals surface area contributed by atoms with E-state index in [1.165, 1.54) is 6.07 Å². The second kappa shape index (κ2) is 6.32. The van der Waals surface area contributed by atoms with E-state index >= 15 is 0 Å². The fraction of sp³-hybridized carbons (Fsp3) is 0.111. The number of hydrogen-bond acceptors (Lipinski definition) is 6. The van der Waals surface area contributed by atoms with Crippen molar-refractivity contribution in [2.45, 2.75) is 13.0 Å². The quantitative estimate of drug-likeness (QED) is 0.417. The van der Waals surface area contributed by atoms with E-state index in [4.69, 9.17) is 4.42 Å². The number of fused-ring (bicyclic) bond motifs is 1. The highest BCUT2D eigenvalue weighted by Gasteiger charge is 2.26. The lowest BCUT2D eigenvalue weighted by atomic mass is 10.0. The second-order valence-electron chi connectivity index (χ2n) is 5.79. The molecule has 130 valence electrons. The smallest absolute Gasteiger partial charge is 0.403 e. The van der Waals surface area contributed by atoms with Crippen molar-refractivity contribution < 1.29 is 9.34 Å². The summed E-state index contributed by atoms with van der Waals surface area (Å²) >= 11 is 0. The van der Waals surface area contributed by atoms with E-state index in [2.05, 4.69) is 20.3 Å². The predicted molar refractivity (Wildman–Crippen MR) is 95.9 cm³/mol. The number of aromatic amines is 1. The SMILES string of the molecule is Cc1[nH]c2ccccc2c1C(Nc1ncccn1)c1ccc([N+](=O)[O-])o1. The van der Waals surface area contributed by atoms with E-state index in [1.807, 2.05) is 31.2 Å². The summed E-state index contributed by atoms with van der Waals surface area (Å²) in [7, 11) is 0. The minimum atomic E-state index is -0.554. The molecule has 8 heteroatoms. The molecule has 2 N–H and O–H groups in total. The minimum Gasteiger partial charge on any atom is -0.403 e. The first-order valence-corrected chi connectivity index (χ1v) is 7.98. The molecule has 0 saturated heterocycles. The average Bonchev–Trinajstić information content (AvgIpc) is 3.25. The molecule has 0 amide bonds. The van der Waals surface area contributed by atoms with Gasteiger partial charge in [-0.25, -0.2) is 9.97 Å². The van der Waals surface area contributed by atoms with Gasteiger partial charge in [-0.1, -0.05) is 18.2 Å². The lowest BCUT2D eigenvalue weighted by molar-refractivity contribution is -0.402. The zero-order valence-corrected chi connectivity index (χ0v) is 13.8. The average molecular weight is 349 g/mol. The van der Waals surface area contributed by atoms with Crippen LogP contribution in [0.5, 0.6) is 0 Å². The van der Waals surface area contributed by atoms with E-state index in [-0.39, 0.29) is 5.88 Å². The summed E-state index contributed by atoms with van der Waals surface area (Å²) in [6, 6.07) is 12.0. The predicted octanol–water partition coefficient (Wildman–Crippen LogP) is 3.97. The number of nitro groups is 1. The number of nitrogens with zero attached hydrogens (tertiary/aromatic N) is 3. The van der Waals surface area contributed by atoms with Crippen LogP contribution in [0.4, 0.5) is 11.8 Å². The van der Waals surface area contributed by atoms with E-state index < -0.39 is 11.0 Å². The maximum absolute atomic E-state index is 11.0. The van der Waals surface area contributed by atoms with Crippen LogP contribution < -0.4 is 5.32 Å². The topological polar surface area (TPSA) is 110 Å². The fourth-order valence-electron chi connectivity index (χ4n) is 3.05. The molecule has 1 atom stereocenters. The number of rotatable bonds is 5. The molecular formula is C18H15N5O3. The first-order chi connectivity index (χ1) is 12.6. The van der Waals surface area contributed by atoms with Gasteiger partial charge in [0.05, 0.1) is 6.07 Å². The third-order valence-electron chi connectivity index (χ3n) is 4.15. The molecule has 0 bridgehead atoms. The molecule has 0 aliphatic heterocycles. The Morgan fingerprint density at radius 1 is 1.15 bits per heavy atom. The van der Waals surface area contributed by atoms with Crippen molar-refractivity contribution in [2.75, 3.05) is 5.32 Å². The third-order valence-corrected chi connectivity index (χ3v) is 4.15. The molecule has 0 aliphatic carbocycles. The number of benzene rings is 1. The van der Waals surface area contributed by atoms with Gasteiger partial charge in [-0.2, -0.15) is 0 Å². The van der Waals surface area contributed by atoms with Crippen molar-refractivity contribution in [3.05, 3.63) is 82.0 Å². The number of para-hydroxylation sites is 1. The van der Waals surface area contributed by atoms with E-state index in [1.54, 1.807) is 24.5 Å². The Balaban J connectivity index is 1.86. The molecule has 3 heterocycles. The van der Waals surface area contributed by atoms with Crippen molar-refractivity contribution in [1.82, 2.24) is 15.0 Å². The van der Waals surface area contributed by atoms with Gasteiger partial charge in [0.15, 0.2) is 0 Å². The molecule has 4 rings (SSSR count). The van der Waals surface area contributed by atoms with Gasteiger partial charge in [0.25, 0.3) is 0 Å². The van der Waals surface area contributed by atoms with Crippen molar-refractivity contribution in [3.63, 3.8) is 0 Å². The van der Waals surface area contributed by atoms with Crippen molar-refractivity contribution >= 4 is 22.7 Å². The lowest BCUT2D eigenvalue weighted by Gasteiger charge is -2.17. The third kappa shape index (κ3) is 2.77. The zero-order valence-electron chi connectivity index (χ0n) is 13.8. The van der Waals surface area contributed by atoms with Crippen LogP contribution in [0.1, 0.15) is 23.1 Å². The Morgan fingerprint density at radius 2 is 1.92 bits per heavy atom. The Hall–Kier alpha value is -3.68. The maximum atomic E-state index is 11.0. The van der Waals surface area contributed by atoms with E-state index in [0.29, 0.717) is 11.7 Å². The second-order valence-corrected chi connectivity index (χ2v) is 5.79. The Bertz CT molecular complexity index is 1070. The molecule has 0 spiro atoms. The van der Waals surface area contributed by atoms with Crippen LogP contribution in [0.2, 0.25) is 0 Å². The van der Waals surface area contributed by atoms with Crippen molar-refractivity contribution in [1.29, 1.82) is 0 Å². The van der Waals surface area contributed by atoms with Gasteiger partial charge in [0, 0.05) is 34.6 Å². The molecule has 3 aromatic heterocycles. The summed E-state index contributed by atoms with van der Waals surface area (Å²) in [5, 5.41) is 15.2. The molecule has 26 heavy (non-hydrogen) atoms. The zero-order chi connectivity index (χ0) is 18.1. The molecule has 0 radical (unpaired) electrons. The maximum Gasteiger partial charge on any atom is 0.433 e. The van der Waals surface area contributed by atoms with Gasteiger partial charge in [-0.15, -0.1) is 0 Å². The van der Waals surface area contributed by atoms with E-state index in [0.717, 1.165) is 22.2 Å². The molecule has 4 aromatic rings. The molecule has 0 saturated carbocycles. The van der Waals surface area contributed by atoms with Gasteiger partial charge in [-0.3, -0.25) is 10.1 Å². The Kier molecular flexibility index (Phi) is 3.85. The summed E-state index contributed by atoms with van der Waals surface area (Å²) in [5.74, 6) is 0.511. The molecule has 1 aromatic carbocycles.